The Kier molecular flexibility index (Phi) is 3.91. The van der Waals surface area contributed by atoms with E-state index in [1.54, 1.807) is 0 Å². The molecule has 1 heterocycles. The molecule has 0 saturated heterocycles. The fraction of sp³-hybridized carbons (Fsp3) is 0.667. The van der Waals surface area contributed by atoms with Crippen LogP contribution >= 0.6 is 0 Å². The zero-order chi connectivity index (χ0) is 10.6. The molecule has 0 aromatic heterocycles. The Morgan fingerprint density at radius 3 is 3.00 bits per heavy atom. The number of aliphatic hydroxyl groups excluding tert-OH is 1. The van der Waals surface area contributed by atoms with Gasteiger partial charge < -0.3 is 20.3 Å². The second-order valence-corrected chi connectivity index (χ2v) is 3.24. The molecule has 1 unspecified atom stereocenters. The molecule has 0 spiro atoms. The number of hydrogen-bond acceptors (Lipinski definition) is 4. The Balaban J connectivity index is 2.53. The molecule has 0 fully saturated rings. The number of carboxylic acid groups (broad SMARTS) is 1. The number of nitrogens with one attached hydrogen (secondary N) is 1. The van der Waals surface area contributed by atoms with Crippen molar-refractivity contribution in [1.82, 2.24) is 5.32 Å². The van der Waals surface area contributed by atoms with Crippen LogP contribution in [0.25, 0.3) is 0 Å². The minimum Gasteiger partial charge on any atom is -0.493 e. The van der Waals surface area contributed by atoms with Crippen molar-refractivity contribution in [3.8, 4) is 0 Å². The number of carbonyl (C=O) groups is 1. The monoisotopic (exact) mass is 201 g/mol. The van der Waals surface area contributed by atoms with Gasteiger partial charge in [0.15, 0.2) is 0 Å². The average Bonchev–Trinajstić information content (AvgIpc) is 2.47. The van der Waals surface area contributed by atoms with Crippen molar-refractivity contribution in [2.24, 2.45) is 0 Å². The summed E-state index contributed by atoms with van der Waals surface area (Å²) in [6, 6.07) is 0. The smallest absolute Gasteiger partial charge is 0.335 e. The SMILES string of the molecule is CC1CC(C(=O)O)=C(CNCCO)O1. The third-order valence-electron chi connectivity index (χ3n) is 2.00. The third-order valence-corrected chi connectivity index (χ3v) is 2.00. The lowest BCUT2D eigenvalue weighted by Crippen LogP contribution is -2.22. The Morgan fingerprint density at radius 1 is 1.71 bits per heavy atom. The van der Waals surface area contributed by atoms with Gasteiger partial charge in [-0.2, -0.15) is 0 Å². The van der Waals surface area contributed by atoms with Crippen molar-refractivity contribution >= 4 is 5.97 Å². The fourth-order valence-electron chi connectivity index (χ4n) is 1.39. The Hall–Kier alpha value is -1.07. The summed E-state index contributed by atoms with van der Waals surface area (Å²) < 4.78 is 5.34. The summed E-state index contributed by atoms with van der Waals surface area (Å²) in [7, 11) is 0. The Morgan fingerprint density at radius 2 is 2.43 bits per heavy atom. The largest absolute Gasteiger partial charge is 0.493 e. The van der Waals surface area contributed by atoms with Crippen LogP contribution in [0.1, 0.15) is 13.3 Å². The molecule has 1 aliphatic rings. The summed E-state index contributed by atoms with van der Waals surface area (Å²) in [5, 5.41) is 20.3. The number of ether oxygens (including phenoxy) is 1. The average molecular weight is 201 g/mol. The van der Waals surface area contributed by atoms with Gasteiger partial charge in [0.25, 0.3) is 0 Å². The van der Waals surface area contributed by atoms with Crippen LogP contribution in [-0.4, -0.2) is 42.0 Å². The molecule has 3 N–H and O–H groups in total. The molecule has 0 amide bonds. The van der Waals surface area contributed by atoms with Crippen molar-refractivity contribution in [1.29, 1.82) is 0 Å². The molecule has 0 aromatic rings. The van der Waals surface area contributed by atoms with Crippen LogP contribution in [0, 0.1) is 0 Å². The van der Waals surface area contributed by atoms with E-state index in [4.69, 9.17) is 14.9 Å². The minimum absolute atomic E-state index is 0.0330. The molecule has 5 nitrogen and oxygen atoms in total. The van der Waals surface area contributed by atoms with Crippen LogP contribution in [0.2, 0.25) is 0 Å². The van der Waals surface area contributed by atoms with Gasteiger partial charge >= 0.3 is 5.97 Å². The van der Waals surface area contributed by atoms with Crippen LogP contribution < -0.4 is 5.32 Å². The molecular weight excluding hydrogens is 186 g/mol. The first-order valence-corrected chi connectivity index (χ1v) is 4.58. The second kappa shape index (κ2) is 4.97. The fourth-order valence-corrected chi connectivity index (χ4v) is 1.39. The maximum atomic E-state index is 10.8. The van der Waals surface area contributed by atoms with E-state index >= 15 is 0 Å². The molecule has 1 aliphatic heterocycles. The molecular formula is C9H15NO4. The molecule has 0 radical (unpaired) electrons. The van der Waals surface area contributed by atoms with E-state index < -0.39 is 5.97 Å². The first-order chi connectivity index (χ1) is 6.65. The summed E-state index contributed by atoms with van der Waals surface area (Å²) in [5.41, 5.74) is 0.336. The van der Waals surface area contributed by atoms with Gasteiger partial charge in [-0.25, -0.2) is 4.79 Å². The number of aliphatic hydroxyl groups is 1. The van der Waals surface area contributed by atoms with Crippen LogP contribution in [-0.2, 0) is 9.53 Å². The topological polar surface area (TPSA) is 78.8 Å². The van der Waals surface area contributed by atoms with Gasteiger partial charge in [0, 0.05) is 13.0 Å². The van der Waals surface area contributed by atoms with Crippen molar-refractivity contribution in [3.63, 3.8) is 0 Å². The van der Waals surface area contributed by atoms with Gasteiger partial charge in [-0.05, 0) is 6.92 Å². The van der Waals surface area contributed by atoms with Gasteiger partial charge in [0.2, 0.25) is 0 Å². The first-order valence-electron chi connectivity index (χ1n) is 4.58. The Labute approximate surface area is 82.4 Å². The highest BCUT2D eigenvalue weighted by Gasteiger charge is 2.26. The summed E-state index contributed by atoms with van der Waals surface area (Å²) in [5.74, 6) is -0.436. The van der Waals surface area contributed by atoms with Gasteiger partial charge in [0.05, 0.1) is 24.8 Å². The van der Waals surface area contributed by atoms with Crippen LogP contribution in [0.4, 0.5) is 0 Å². The predicted molar refractivity (Wildman–Crippen MR) is 49.8 cm³/mol. The van der Waals surface area contributed by atoms with E-state index in [-0.39, 0.29) is 12.7 Å². The van der Waals surface area contributed by atoms with Gasteiger partial charge in [-0.15, -0.1) is 0 Å². The minimum atomic E-state index is -0.921. The standard InChI is InChI=1S/C9H15NO4/c1-6-4-7(9(12)13)8(14-6)5-10-2-3-11/h6,10-11H,2-5H2,1H3,(H,12,13). The first kappa shape index (κ1) is 11.0. The molecule has 80 valence electrons. The van der Waals surface area contributed by atoms with E-state index in [2.05, 4.69) is 5.32 Å². The number of aliphatic carboxylic acids is 1. The van der Waals surface area contributed by atoms with Crippen LogP contribution in [0.5, 0.6) is 0 Å². The molecule has 0 aromatic carbocycles. The summed E-state index contributed by atoms with van der Waals surface area (Å²) >= 11 is 0. The van der Waals surface area contributed by atoms with Crippen LogP contribution in [0.3, 0.4) is 0 Å². The summed E-state index contributed by atoms with van der Waals surface area (Å²) in [4.78, 5) is 10.8. The Bertz CT molecular complexity index is 249. The summed E-state index contributed by atoms with van der Waals surface area (Å²) in [6.07, 6.45) is 0.387. The maximum Gasteiger partial charge on any atom is 0.335 e. The lowest BCUT2D eigenvalue weighted by Gasteiger charge is -2.08. The third kappa shape index (κ3) is 2.71. The van der Waals surface area contributed by atoms with Gasteiger partial charge in [-0.3, -0.25) is 0 Å². The number of rotatable bonds is 5. The van der Waals surface area contributed by atoms with E-state index in [1.165, 1.54) is 0 Å². The van der Waals surface area contributed by atoms with E-state index in [9.17, 15) is 4.79 Å². The van der Waals surface area contributed by atoms with Crippen molar-refractivity contribution in [2.45, 2.75) is 19.4 Å². The number of hydrogen-bond donors (Lipinski definition) is 3. The van der Waals surface area contributed by atoms with Crippen LogP contribution in [0.15, 0.2) is 11.3 Å². The van der Waals surface area contributed by atoms with E-state index in [1.807, 2.05) is 6.92 Å². The predicted octanol–water partition coefficient (Wildman–Crippen LogP) is -0.284. The quantitative estimate of drug-likeness (QED) is 0.533. The highest BCUT2D eigenvalue weighted by Crippen LogP contribution is 2.24. The zero-order valence-corrected chi connectivity index (χ0v) is 8.12. The molecule has 5 heteroatoms. The molecule has 1 atom stereocenters. The molecule has 14 heavy (non-hydrogen) atoms. The van der Waals surface area contributed by atoms with Gasteiger partial charge in [0.1, 0.15) is 5.76 Å². The normalized spacial score (nSPS) is 21.1. The highest BCUT2D eigenvalue weighted by atomic mass is 16.5. The molecule has 1 rings (SSSR count). The van der Waals surface area contributed by atoms with Crippen molar-refractivity contribution in [3.05, 3.63) is 11.3 Å². The van der Waals surface area contributed by atoms with E-state index in [0.717, 1.165) is 0 Å². The zero-order valence-electron chi connectivity index (χ0n) is 8.12. The second-order valence-electron chi connectivity index (χ2n) is 3.24. The van der Waals surface area contributed by atoms with Gasteiger partial charge in [-0.1, -0.05) is 0 Å². The number of carboxylic acids is 1. The lowest BCUT2D eigenvalue weighted by atomic mass is 10.1. The van der Waals surface area contributed by atoms with Crippen molar-refractivity contribution in [2.75, 3.05) is 19.7 Å². The van der Waals surface area contributed by atoms with E-state index in [0.29, 0.717) is 30.8 Å². The lowest BCUT2D eigenvalue weighted by molar-refractivity contribution is -0.132. The van der Waals surface area contributed by atoms with Crippen molar-refractivity contribution < 1.29 is 19.7 Å². The molecule has 0 aliphatic carbocycles. The maximum absolute atomic E-state index is 10.8. The molecule has 0 saturated carbocycles. The summed E-state index contributed by atoms with van der Waals surface area (Å²) in [6.45, 7) is 2.67. The highest BCUT2D eigenvalue weighted by molar-refractivity contribution is 5.87. The molecule has 0 bridgehead atoms.